The van der Waals surface area contributed by atoms with Gasteiger partial charge in [-0.3, -0.25) is 4.79 Å². The Morgan fingerprint density at radius 3 is 2.89 bits per heavy atom. The average molecular weight is 307 g/mol. The molecule has 0 bridgehead atoms. The molecule has 0 radical (unpaired) electrons. The third-order valence-electron chi connectivity index (χ3n) is 3.33. The van der Waals surface area contributed by atoms with Gasteiger partial charge in [0.25, 0.3) is 5.91 Å². The molecule has 1 aliphatic heterocycles. The Labute approximate surface area is 123 Å². The Morgan fingerprint density at radius 1 is 1.58 bits per heavy atom. The van der Waals surface area contributed by atoms with E-state index < -0.39 is 0 Å². The van der Waals surface area contributed by atoms with Gasteiger partial charge in [-0.05, 0) is 25.9 Å². The summed E-state index contributed by atoms with van der Waals surface area (Å²) in [6, 6.07) is 0. The topological polar surface area (TPSA) is 76.1 Å². The number of nitrogens with one attached hydrogen (secondary N) is 2. The van der Waals surface area contributed by atoms with E-state index in [1.54, 1.807) is 7.11 Å². The third-order valence-corrected chi connectivity index (χ3v) is 3.81. The first-order valence-electron chi connectivity index (χ1n) is 6.01. The van der Waals surface area contributed by atoms with Gasteiger partial charge in [0.2, 0.25) is 0 Å². The summed E-state index contributed by atoms with van der Waals surface area (Å²) in [6.45, 7) is 3.23. The molecule has 1 aliphatic rings. The molecule has 108 valence electrons. The van der Waals surface area contributed by atoms with Gasteiger partial charge in [-0.2, -0.15) is 8.75 Å². The number of carbonyl (C=O) groups is 1. The van der Waals surface area contributed by atoms with Crippen LogP contribution < -0.4 is 10.6 Å². The van der Waals surface area contributed by atoms with Crippen molar-refractivity contribution in [1.82, 2.24) is 19.4 Å². The highest BCUT2D eigenvalue weighted by Gasteiger charge is 2.32. The van der Waals surface area contributed by atoms with Crippen LogP contribution in [-0.4, -0.2) is 48.0 Å². The number of carbonyl (C=O) groups excluding carboxylic acids is 1. The number of halogens is 1. The first-order valence-corrected chi connectivity index (χ1v) is 6.74. The lowest BCUT2D eigenvalue weighted by Crippen LogP contribution is -2.47. The summed E-state index contributed by atoms with van der Waals surface area (Å²) in [6.07, 6.45) is 3.51. The second-order valence-electron chi connectivity index (χ2n) is 4.66. The van der Waals surface area contributed by atoms with E-state index in [4.69, 9.17) is 4.74 Å². The summed E-state index contributed by atoms with van der Waals surface area (Å²) in [5.74, 6) is -0.155. The first-order chi connectivity index (χ1) is 8.76. The lowest BCUT2D eigenvalue weighted by molar-refractivity contribution is 0.0511. The molecule has 0 atom stereocenters. The number of nitrogens with zero attached hydrogens (tertiary/aromatic N) is 2. The SMILES string of the molecule is COCC1(CNC(=O)c2cnsn2)CCNCC1.Cl. The lowest BCUT2D eigenvalue weighted by Gasteiger charge is -2.37. The van der Waals surface area contributed by atoms with E-state index in [9.17, 15) is 4.79 Å². The van der Waals surface area contributed by atoms with Crippen LogP contribution in [0.15, 0.2) is 6.20 Å². The number of piperidine rings is 1. The summed E-state index contributed by atoms with van der Waals surface area (Å²) in [5.41, 5.74) is 0.431. The van der Waals surface area contributed by atoms with Gasteiger partial charge < -0.3 is 15.4 Å². The lowest BCUT2D eigenvalue weighted by atomic mass is 9.79. The second-order valence-corrected chi connectivity index (χ2v) is 5.22. The zero-order valence-corrected chi connectivity index (χ0v) is 12.5. The van der Waals surface area contributed by atoms with E-state index in [0.29, 0.717) is 18.8 Å². The number of hydrogen-bond acceptors (Lipinski definition) is 6. The fourth-order valence-corrected chi connectivity index (χ4v) is 2.67. The van der Waals surface area contributed by atoms with E-state index in [1.165, 1.54) is 6.20 Å². The van der Waals surface area contributed by atoms with Gasteiger partial charge in [0, 0.05) is 19.1 Å². The van der Waals surface area contributed by atoms with Crippen LogP contribution in [-0.2, 0) is 4.74 Å². The summed E-state index contributed by atoms with van der Waals surface area (Å²) in [7, 11) is 1.70. The molecular weight excluding hydrogens is 288 g/mol. The zero-order chi connectivity index (χ0) is 12.8. The zero-order valence-electron chi connectivity index (χ0n) is 10.8. The largest absolute Gasteiger partial charge is 0.384 e. The molecule has 2 heterocycles. The molecule has 8 heteroatoms. The smallest absolute Gasteiger partial charge is 0.272 e. The molecule has 2 N–H and O–H groups in total. The summed E-state index contributed by atoms with van der Waals surface area (Å²) < 4.78 is 13.1. The number of rotatable bonds is 5. The number of hydrogen-bond donors (Lipinski definition) is 2. The van der Waals surface area contributed by atoms with Crippen molar-refractivity contribution in [2.75, 3.05) is 33.4 Å². The van der Waals surface area contributed by atoms with Crippen molar-refractivity contribution in [1.29, 1.82) is 0 Å². The highest BCUT2D eigenvalue weighted by Crippen LogP contribution is 2.28. The van der Waals surface area contributed by atoms with E-state index in [0.717, 1.165) is 37.7 Å². The summed E-state index contributed by atoms with van der Waals surface area (Å²) >= 11 is 1.04. The van der Waals surface area contributed by atoms with Gasteiger partial charge >= 0.3 is 0 Å². The molecule has 1 aromatic heterocycles. The fourth-order valence-electron chi connectivity index (χ4n) is 2.26. The van der Waals surface area contributed by atoms with Crippen molar-refractivity contribution in [2.24, 2.45) is 5.41 Å². The molecule has 0 spiro atoms. The van der Waals surface area contributed by atoms with Gasteiger partial charge in [-0.1, -0.05) is 0 Å². The van der Waals surface area contributed by atoms with Crippen molar-refractivity contribution in [2.45, 2.75) is 12.8 Å². The van der Waals surface area contributed by atoms with Gasteiger partial charge in [0.05, 0.1) is 24.5 Å². The molecule has 1 fully saturated rings. The summed E-state index contributed by atoms with van der Waals surface area (Å²) in [4.78, 5) is 11.8. The maximum atomic E-state index is 11.8. The molecule has 6 nitrogen and oxygen atoms in total. The van der Waals surface area contributed by atoms with Crippen molar-refractivity contribution >= 4 is 30.0 Å². The van der Waals surface area contributed by atoms with Crippen LogP contribution in [0, 0.1) is 5.41 Å². The Morgan fingerprint density at radius 2 is 2.32 bits per heavy atom. The molecule has 19 heavy (non-hydrogen) atoms. The minimum Gasteiger partial charge on any atom is -0.384 e. The average Bonchev–Trinajstić information content (AvgIpc) is 2.91. The van der Waals surface area contributed by atoms with Crippen LogP contribution in [0.1, 0.15) is 23.3 Å². The number of methoxy groups -OCH3 is 1. The molecule has 0 unspecified atom stereocenters. The van der Waals surface area contributed by atoms with Crippen molar-refractivity contribution < 1.29 is 9.53 Å². The molecule has 0 aromatic carbocycles. The number of aromatic nitrogens is 2. The molecule has 1 amide bonds. The highest BCUT2D eigenvalue weighted by atomic mass is 35.5. The van der Waals surface area contributed by atoms with E-state index >= 15 is 0 Å². The van der Waals surface area contributed by atoms with Gasteiger partial charge in [0.1, 0.15) is 0 Å². The molecule has 0 aliphatic carbocycles. The monoisotopic (exact) mass is 306 g/mol. The fraction of sp³-hybridized carbons (Fsp3) is 0.727. The van der Waals surface area contributed by atoms with Gasteiger partial charge in [0.15, 0.2) is 5.69 Å². The van der Waals surface area contributed by atoms with Crippen molar-refractivity contribution in [3.63, 3.8) is 0 Å². The second kappa shape index (κ2) is 7.74. The maximum Gasteiger partial charge on any atom is 0.272 e. The predicted octanol–water partition coefficient (Wildman–Crippen LogP) is 0.706. The molecular formula is C11H19ClN4O2S. The van der Waals surface area contributed by atoms with E-state index in [2.05, 4.69) is 19.4 Å². The predicted molar refractivity (Wildman–Crippen MR) is 75.9 cm³/mol. The summed E-state index contributed by atoms with van der Waals surface area (Å²) in [5, 5.41) is 6.26. The number of ether oxygens (including phenoxy) is 1. The Balaban J connectivity index is 0.00000180. The van der Waals surface area contributed by atoms with Crippen molar-refractivity contribution in [3.8, 4) is 0 Å². The van der Waals surface area contributed by atoms with Crippen molar-refractivity contribution in [3.05, 3.63) is 11.9 Å². The van der Waals surface area contributed by atoms with Crippen LogP contribution in [0.5, 0.6) is 0 Å². The minimum absolute atomic E-state index is 0. The van der Waals surface area contributed by atoms with Crippen LogP contribution in [0.25, 0.3) is 0 Å². The Kier molecular flexibility index (Phi) is 6.64. The van der Waals surface area contributed by atoms with Crippen LogP contribution in [0.3, 0.4) is 0 Å². The van der Waals surface area contributed by atoms with Gasteiger partial charge in [-0.15, -0.1) is 12.4 Å². The Bertz CT molecular complexity index is 377. The minimum atomic E-state index is -0.155. The first kappa shape index (κ1) is 16.3. The number of amides is 1. The quantitative estimate of drug-likeness (QED) is 0.838. The van der Waals surface area contributed by atoms with E-state index in [1.807, 2.05) is 0 Å². The third kappa shape index (κ3) is 4.38. The molecule has 1 aromatic rings. The maximum absolute atomic E-state index is 11.8. The normalized spacial score (nSPS) is 17.5. The standard InChI is InChI=1S/C11H18N4O2S.ClH/c1-17-8-11(2-4-12-5-3-11)7-13-10(16)9-6-14-18-15-9;/h6,12H,2-5,7-8H2,1H3,(H,13,16);1H. The Hall–Kier alpha value is -0.760. The van der Waals surface area contributed by atoms with Gasteiger partial charge in [-0.25, -0.2) is 0 Å². The molecule has 0 saturated carbocycles. The highest BCUT2D eigenvalue weighted by molar-refractivity contribution is 6.99. The van der Waals surface area contributed by atoms with Crippen LogP contribution >= 0.6 is 24.1 Å². The molecule has 1 saturated heterocycles. The van der Waals surface area contributed by atoms with E-state index in [-0.39, 0.29) is 23.7 Å². The van der Waals surface area contributed by atoms with Crippen LogP contribution in [0.4, 0.5) is 0 Å². The van der Waals surface area contributed by atoms with Crippen LogP contribution in [0.2, 0.25) is 0 Å². The molecule has 2 rings (SSSR count).